The molecule has 0 aromatic rings. The Balaban J connectivity index is 2.10. The van der Waals surface area contributed by atoms with Gasteiger partial charge in [-0.3, -0.25) is 4.99 Å². The minimum atomic E-state index is 1.08. The molecule has 0 atom stereocenters. The highest BCUT2D eigenvalue weighted by atomic mass is 32.2. The third-order valence-electron chi connectivity index (χ3n) is 3.28. The summed E-state index contributed by atoms with van der Waals surface area (Å²) in [6.45, 7) is 6.47. The highest BCUT2D eigenvalue weighted by molar-refractivity contribution is 8.17. The highest BCUT2D eigenvalue weighted by Gasteiger charge is 2.09. The van der Waals surface area contributed by atoms with Crippen molar-refractivity contribution in [2.75, 3.05) is 0 Å². The van der Waals surface area contributed by atoms with E-state index in [1.165, 1.54) is 26.8 Å². The molecule has 1 nitrogen and oxygen atoms in total. The maximum Gasteiger partial charge on any atom is 0.0748 e. The molecule has 0 spiro atoms. The van der Waals surface area contributed by atoms with Gasteiger partial charge in [-0.05, 0) is 62.5 Å². The van der Waals surface area contributed by atoms with Gasteiger partial charge in [-0.2, -0.15) is 0 Å². The SMILES string of the molecule is CC(=NC1=C(C)C=CCC1)SC1=C(C)C=CCC1. The van der Waals surface area contributed by atoms with E-state index in [0.717, 1.165) is 25.7 Å². The monoisotopic (exact) mass is 259 g/mol. The van der Waals surface area contributed by atoms with E-state index in [2.05, 4.69) is 45.1 Å². The summed E-state index contributed by atoms with van der Waals surface area (Å²) in [6.07, 6.45) is 13.4. The van der Waals surface area contributed by atoms with Crippen LogP contribution in [0.4, 0.5) is 0 Å². The number of nitrogens with zero attached hydrogens (tertiary/aromatic N) is 1. The van der Waals surface area contributed by atoms with Crippen LogP contribution in [-0.4, -0.2) is 5.04 Å². The number of hydrogen-bond acceptors (Lipinski definition) is 2. The average molecular weight is 259 g/mol. The summed E-state index contributed by atoms with van der Waals surface area (Å²) in [6, 6.07) is 0. The summed E-state index contributed by atoms with van der Waals surface area (Å²) in [7, 11) is 0. The van der Waals surface area contributed by atoms with Crippen molar-refractivity contribution >= 4 is 16.8 Å². The number of allylic oxidation sites excluding steroid dienone is 8. The zero-order valence-corrected chi connectivity index (χ0v) is 12.3. The molecule has 0 N–H and O–H groups in total. The van der Waals surface area contributed by atoms with Gasteiger partial charge in [0.2, 0.25) is 0 Å². The van der Waals surface area contributed by atoms with Crippen molar-refractivity contribution in [2.24, 2.45) is 4.99 Å². The fraction of sp³-hybridized carbons (Fsp3) is 0.438. The smallest absolute Gasteiger partial charge is 0.0748 e. The predicted octanol–water partition coefficient (Wildman–Crippen LogP) is 5.39. The van der Waals surface area contributed by atoms with Crippen LogP contribution in [0, 0.1) is 0 Å². The number of rotatable bonds is 2. The summed E-state index contributed by atoms with van der Waals surface area (Å²) in [5.41, 5.74) is 3.97. The Hall–Kier alpha value is -1.02. The molecule has 96 valence electrons. The standard InChI is InChI=1S/C16H21NS/c1-12-8-4-6-10-15(12)17-14(3)18-16-11-7-5-9-13(16)2/h4-5,8-9H,6-7,10-11H2,1-3H3. The first-order valence-corrected chi connectivity index (χ1v) is 7.44. The lowest BCUT2D eigenvalue weighted by Crippen LogP contribution is -1.96. The molecule has 18 heavy (non-hydrogen) atoms. The minimum absolute atomic E-state index is 1.08. The van der Waals surface area contributed by atoms with Crippen molar-refractivity contribution in [2.45, 2.75) is 46.5 Å². The minimum Gasteiger partial charge on any atom is -0.251 e. The van der Waals surface area contributed by atoms with Gasteiger partial charge in [0.25, 0.3) is 0 Å². The Morgan fingerprint density at radius 2 is 1.72 bits per heavy atom. The summed E-state index contributed by atoms with van der Waals surface area (Å²) in [5, 5.41) is 1.17. The van der Waals surface area contributed by atoms with Crippen LogP contribution in [0.25, 0.3) is 0 Å². The van der Waals surface area contributed by atoms with E-state index in [4.69, 9.17) is 4.99 Å². The molecule has 0 aromatic heterocycles. The van der Waals surface area contributed by atoms with Gasteiger partial charge >= 0.3 is 0 Å². The lowest BCUT2D eigenvalue weighted by atomic mass is 10.1. The molecule has 0 amide bonds. The van der Waals surface area contributed by atoms with Crippen LogP contribution >= 0.6 is 11.8 Å². The average Bonchev–Trinajstić information content (AvgIpc) is 2.35. The number of aliphatic imine (C=N–C) groups is 1. The van der Waals surface area contributed by atoms with Gasteiger partial charge in [0.15, 0.2) is 0 Å². The maximum atomic E-state index is 4.80. The molecular weight excluding hydrogens is 238 g/mol. The Kier molecular flexibility index (Phi) is 4.65. The van der Waals surface area contributed by atoms with E-state index in [0.29, 0.717) is 0 Å². The topological polar surface area (TPSA) is 12.4 Å². The summed E-state index contributed by atoms with van der Waals surface area (Å²) >= 11 is 1.84. The summed E-state index contributed by atoms with van der Waals surface area (Å²) < 4.78 is 0. The first-order chi connectivity index (χ1) is 8.66. The Bertz CT molecular complexity index is 475. The van der Waals surface area contributed by atoms with Crippen LogP contribution in [0.2, 0.25) is 0 Å². The van der Waals surface area contributed by atoms with E-state index in [1.54, 1.807) is 0 Å². The zero-order chi connectivity index (χ0) is 13.0. The molecule has 0 radical (unpaired) electrons. The van der Waals surface area contributed by atoms with Gasteiger partial charge in [0.05, 0.1) is 5.04 Å². The van der Waals surface area contributed by atoms with Crippen LogP contribution in [0.5, 0.6) is 0 Å². The third-order valence-corrected chi connectivity index (χ3v) is 4.44. The van der Waals surface area contributed by atoms with Crippen molar-refractivity contribution in [1.29, 1.82) is 0 Å². The third kappa shape index (κ3) is 3.49. The van der Waals surface area contributed by atoms with E-state index in [1.807, 2.05) is 11.8 Å². The van der Waals surface area contributed by atoms with Gasteiger partial charge in [-0.15, -0.1) is 0 Å². The lowest BCUT2D eigenvalue weighted by molar-refractivity contribution is 0.923. The number of hydrogen-bond donors (Lipinski definition) is 0. The molecule has 0 heterocycles. The van der Waals surface area contributed by atoms with Crippen LogP contribution in [0.1, 0.15) is 46.5 Å². The second-order valence-corrected chi connectivity index (χ2v) is 6.14. The molecular formula is C16H21NS. The Morgan fingerprint density at radius 1 is 1.06 bits per heavy atom. The molecule has 2 aliphatic carbocycles. The van der Waals surface area contributed by atoms with E-state index in [-0.39, 0.29) is 0 Å². The first kappa shape index (κ1) is 13.4. The van der Waals surface area contributed by atoms with E-state index in [9.17, 15) is 0 Å². The molecule has 0 bridgehead atoms. The van der Waals surface area contributed by atoms with Gasteiger partial charge in [-0.1, -0.05) is 36.1 Å². The summed E-state index contributed by atoms with van der Waals surface area (Å²) in [4.78, 5) is 6.27. The second-order valence-electron chi connectivity index (χ2n) is 4.85. The quantitative estimate of drug-likeness (QED) is 0.478. The van der Waals surface area contributed by atoms with Crippen LogP contribution < -0.4 is 0 Å². The predicted molar refractivity (Wildman–Crippen MR) is 82.8 cm³/mol. The molecule has 2 rings (SSSR count). The van der Waals surface area contributed by atoms with Gasteiger partial charge in [-0.25, -0.2) is 0 Å². The van der Waals surface area contributed by atoms with Gasteiger partial charge in [0.1, 0.15) is 0 Å². The molecule has 0 unspecified atom stereocenters. The Labute approximate surface area is 114 Å². The number of thioether (sulfide) groups is 1. The maximum absolute atomic E-state index is 4.80. The van der Waals surface area contributed by atoms with Crippen molar-refractivity contribution < 1.29 is 0 Å². The molecule has 0 fully saturated rings. The van der Waals surface area contributed by atoms with Crippen molar-refractivity contribution in [1.82, 2.24) is 0 Å². The fourth-order valence-electron chi connectivity index (χ4n) is 2.20. The molecule has 0 saturated heterocycles. The van der Waals surface area contributed by atoms with Crippen molar-refractivity contribution in [3.63, 3.8) is 0 Å². The van der Waals surface area contributed by atoms with Crippen LogP contribution in [-0.2, 0) is 0 Å². The fourth-order valence-corrected chi connectivity index (χ4v) is 3.17. The molecule has 0 saturated carbocycles. The normalized spacial score (nSPS) is 20.9. The van der Waals surface area contributed by atoms with Crippen LogP contribution in [0.15, 0.2) is 51.0 Å². The molecule has 2 heteroatoms. The summed E-state index contributed by atoms with van der Waals surface area (Å²) in [5.74, 6) is 0. The highest BCUT2D eigenvalue weighted by Crippen LogP contribution is 2.31. The largest absolute Gasteiger partial charge is 0.251 e. The van der Waals surface area contributed by atoms with Crippen LogP contribution in [0.3, 0.4) is 0 Å². The van der Waals surface area contributed by atoms with E-state index >= 15 is 0 Å². The lowest BCUT2D eigenvalue weighted by Gasteiger charge is -2.14. The van der Waals surface area contributed by atoms with Crippen molar-refractivity contribution in [3.05, 3.63) is 46.1 Å². The molecule has 0 aliphatic heterocycles. The first-order valence-electron chi connectivity index (χ1n) is 6.62. The molecule has 0 aromatic carbocycles. The van der Waals surface area contributed by atoms with Gasteiger partial charge in [0, 0.05) is 5.70 Å². The van der Waals surface area contributed by atoms with E-state index < -0.39 is 0 Å². The zero-order valence-electron chi connectivity index (χ0n) is 11.5. The molecule has 2 aliphatic rings. The van der Waals surface area contributed by atoms with Crippen molar-refractivity contribution in [3.8, 4) is 0 Å². The van der Waals surface area contributed by atoms with Gasteiger partial charge < -0.3 is 0 Å². The Morgan fingerprint density at radius 3 is 2.39 bits per heavy atom. The second kappa shape index (κ2) is 6.24.